The third kappa shape index (κ3) is 3.99. The number of nitrogens with two attached hydrogens (primary N) is 1. The van der Waals surface area contributed by atoms with Crippen molar-refractivity contribution in [2.45, 2.75) is 43.4 Å². The topological polar surface area (TPSA) is 88.8 Å². The van der Waals surface area contributed by atoms with Crippen molar-refractivity contribution in [3.63, 3.8) is 0 Å². The number of hydrogen-bond donors (Lipinski definition) is 1. The molecule has 1 aromatic heterocycles. The first-order valence-corrected chi connectivity index (χ1v) is 10.6. The van der Waals surface area contributed by atoms with E-state index in [1.54, 1.807) is 6.07 Å². The van der Waals surface area contributed by atoms with Crippen molar-refractivity contribution in [3.05, 3.63) is 17.8 Å². The molecule has 0 aromatic carbocycles. The van der Waals surface area contributed by atoms with Crippen LogP contribution in [0.15, 0.2) is 12.1 Å². The first-order chi connectivity index (χ1) is 13.6. The van der Waals surface area contributed by atoms with Gasteiger partial charge in [0.2, 0.25) is 11.8 Å². The first-order valence-electron chi connectivity index (χ1n) is 9.58. The van der Waals surface area contributed by atoms with Crippen molar-refractivity contribution in [2.75, 3.05) is 30.5 Å². The van der Waals surface area contributed by atoms with Gasteiger partial charge in [0.05, 0.1) is 25.6 Å². The number of nitrogens with zero attached hydrogens (tertiary/aromatic N) is 3. The molecular formula is C19H24F2N4O3S. The molecule has 1 saturated carbocycles. The Kier molecular flexibility index (Phi) is 4.87. The second-order valence-electron chi connectivity index (χ2n) is 8.44. The van der Waals surface area contributed by atoms with Crippen LogP contribution in [0.25, 0.3) is 0 Å². The summed E-state index contributed by atoms with van der Waals surface area (Å²) in [5.41, 5.74) is 6.11. The smallest absolute Gasteiger partial charge is 0.282 e. The molecule has 158 valence electrons. The van der Waals surface area contributed by atoms with E-state index in [2.05, 4.69) is 4.98 Å². The molecule has 3 heterocycles. The van der Waals surface area contributed by atoms with Gasteiger partial charge in [0.15, 0.2) is 0 Å². The molecule has 1 aromatic rings. The predicted octanol–water partition coefficient (Wildman–Crippen LogP) is 2.10. The molecule has 10 heteroatoms. The quantitative estimate of drug-likeness (QED) is 0.750. The Labute approximate surface area is 171 Å². The van der Waals surface area contributed by atoms with E-state index in [0.717, 1.165) is 12.8 Å². The van der Waals surface area contributed by atoms with Gasteiger partial charge in [-0.2, -0.15) is 0 Å². The summed E-state index contributed by atoms with van der Waals surface area (Å²) in [6, 6.07) is 2.32. The predicted molar refractivity (Wildman–Crippen MR) is 105 cm³/mol. The van der Waals surface area contributed by atoms with Crippen molar-refractivity contribution >= 4 is 29.3 Å². The van der Waals surface area contributed by atoms with Gasteiger partial charge in [0.25, 0.3) is 11.8 Å². The van der Waals surface area contributed by atoms with Crippen molar-refractivity contribution in [2.24, 2.45) is 11.7 Å². The monoisotopic (exact) mass is 426 g/mol. The molecule has 1 atom stereocenters. The number of pyridine rings is 1. The Bertz CT molecular complexity index is 839. The van der Waals surface area contributed by atoms with Crippen molar-refractivity contribution < 1.29 is 23.1 Å². The summed E-state index contributed by atoms with van der Waals surface area (Å²) in [5, 5.41) is 0. The van der Waals surface area contributed by atoms with Crippen LogP contribution in [0.1, 0.15) is 37.2 Å². The molecule has 0 bridgehead atoms. The zero-order valence-electron chi connectivity index (χ0n) is 16.4. The van der Waals surface area contributed by atoms with Crippen LogP contribution >= 0.6 is 11.8 Å². The maximum Gasteiger partial charge on any atom is 0.282 e. The molecule has 3 aliphatic rings. The van der Waals surface area contributed by atoms with E-state index in [-0.39, 0.29) is 11.6 Å². The van der Waals surface area contributed by atoms with Gasteiger partial charge in [-0.05, 0) is 44.7 Å². The largest absolute Gasteiger partial charge is 0.476 e. The Morgan fingerprint density at radius 1 is 1.31 bits per heavy atom. The molecule has 7 nitrogen and oxygen atoms in total. The average Bonchev–Trinajstić information content (AvgIpc) is 3.38. The van der Waals surface area contributed by atoms with Crippen LogP contribution in [-0.4, -0.2) is 64.0 Å². The minimum Gasteiger partial charge on any atom is -0.476 e. The van der Waals surface area contributed by atoms with Crippen LogP contribution < -0.4 is 15.4 Å². The molecular weight excluding hydrogens is 402 g/mol. The van der Waals surface area contributed by atoms with Crippen molar-refractivity contribution in [1.82, 2.24) is 9.88 Å². The summed E-state index contributed by atoms with van der Waals surface area (Å²) in [7, 11) is 0. The van der Waals surface area contributed by atoms with Gasteiger partial charge < -0.3 is 20.3 Å². The van der Waals surface area contributed by atoms with Crippen molar-refractivity contribution in [3.8, 4) is 5.88 Å². The fraction of sp³-hybridized carbons (Fsp3) is 0.632. The Hall–Kier alpha value is -2.10. The first kappa shape index (κ1) is 20.2. The summed E-state index contributed by atoms with van der Waals surface area (Å²) in [6.07, 6.45) is 2.13. The average molecular weight is 426 g/mol. The van der Waals surface area contributed by atoms with Gasteiger partial charge in [0.1, 0.15) is 17.4 Å². The summed E-state index contributed by atoms with van der Waals surface area (Å²) >= 11 is 1.47. The van der Waals surface area contributed by atoms with Crippen LogP contribution in [0.2, 0.25) is 0 Å². The number of carbonyl (C=O) groups is 2. The van der Waals surface area contributed by atoms with Gasteiger partial charge in [-0.3, -0.25) is 9.59 Å². The Morgan fingerprint density at radius 3 is 2.59 bits per heavy atom. The van der Waals surface area contributed by atoms with E-state index < -0.39 is 41.6 Å². The van der Waals surface area contributed by atoms with E-state index in [1.807, 2.05) is 13.8 Å². The number of alkyl halides is 2. The zero-order valence-corrected chi connectivity index (χ0v) is 17.2. The number of primary amides is 1. The molecule has 0 spiro atoms. The summed E-state index contributed by atoms with van der Waals surface area (Å²) in [6.45, 7) is 3.37. The molecule has 2 aliphatic heterocycles. The van der Waals surface area contributed by atoms with Crippen LogP contribution in [0, 0.1) is 5.92 Å². The highest BCUT2D eigenvalue weighted by molar-refractivity contribution is 8.00. The number of ether oxygens (including phenoxy) is 1. The van der Waals surface area contributed by atoms with E-state index >= 15 is 0 Å². The molecule has 2 N–H and O–H groups in total. The van der Waals surface area contributed by atoms with Crippen LogP contribution in [0.4, 0.5) is 14.5 Å². The number of thioether (sulfide) groups is 1. The lowest BCUT2D eigenvalue weighted by Gasteiger charge is -2.40. The number of carbonyl (C=O) groups excluding carboxylic acids is 2. The minimum atomic E-state index is -2.73. The van der Waals surface area contributed by atoms with Crippen LogP contribution in [0.5, 0.6) is 5.88 Å². The van der Waals surface area contributed by atoms with Crippen LogP contribution in [-0.2, 0) is 4.79 Å². The zero-order chi connectivity index (χ0) is 21.0. The lowest BCUT2D eigenvalue weighted by molar-refractivity contribution is -0.122. The number of rotatable bonds is 6. The number of anilines is 1. The van der Waals surface area contributed by atoms with Gasteiger partial charge in [-0.25, -0.2) is 13.8 Å². The van der Waals surface area contributed by atoms with E-state index in [9.17, 15) is 18.4 Å². The molecule has 2 saturated heterocycles. The van der Waals surface area contributed by atoms with E-state index in [1.165, 1.54) is 27.6 Å². The lowest BCUT2D eigenvalue weighted by atomic mass is 10.0. The molecule has 4 rings (SSSR count). The highest BCUT2D eigenvalue weighted by atomic mass is 32.2. The molecule has 2 amide bonds. The van der Waals surface area contributed by atoms with E-state index in [4.69, 9.17) is 10.5 Å². The lowest BCUT2D eigenvalue weighted by Crippen LogP contribution is -2.56. The summed E-state index contributed by atoms with van der Waals surface area (Å²) in [4.78, 5) is 32.3. The Balaban J connectivity index is 1.59. The number of amides is 2. The summed E-state index contributed by atoms with van der Waals surface area (Å²) in [5.74, 6) is -2.78. The standard InChI is InChI=1S/C19H24F2N4O3S/c1-18(2)14(15(22)26)25(10-29-18)17(27)12-5-6-13(24-8-19(20,21)9-24)16(23-12)28-7-11-3-4-11/h5-6,11,14H,3-4,7-10H2,1-2H3,(H2,22,26). The normalized spacial score (nSPS) is 24.9. The highest BCUT2D eigenvalue weighted by Crippen LogP contribution is 2.41. The maximum absolute atomic E-state index is 13.3. The highest BCUT2D eigenvalue weighted by Gasteiger charge is 2.48. The van der Waals surface area contributed by atoms with Crippen LogP contribution in [0.3, 0.4) is 0 Å². The molecule has 29 heavy (non-hydrogen) atoms. The van der Waals surface area contributed by atoms with Gasteiger partial charge >= 0.3 is 0 Å². The number of hydrogen-bond acceptors (Lipinski definition) is 6. The second kappa shape index (κ2) is 7.00. The summed E-state index contributed by atoms with van der Waals surface area (Å²) < 4.78 is 31.9. The fourth-order valence-electron chi connectivity index (χ4n) is 3.65. The van der Waals surface area contributed by atoms with E-state index in [0.29, 0.717) is 24.1 Å². The van der Waals surface area contributed by atoms with Crippen molar-refractivity contribution in [1.29, 1.82) is 0 Å². The van der Waals surface area contributed by atoms with Gasteiger partial charge in [-0.15, -0.1) is 11.8 Å². The third-order valence-electron chi connectivity index (χ3n) is 5.47. The minimum absolute atomic E-state index is 0.108. The van der Waals surface area contributed by atoms with Gasteiger partial charge in [0, 0.05) is 4.75 Å². The molecule has 1 aliphatic carbocycles. The second-order valence-corrected chi connectivity index (χ2v) is 10.0. The maximum atomic E-state index is 13.3. The third-order valence-corrected chi connectivity index (χ3v) is 6.85. The number of halogens is 2. The molecule has 3 fully saturated rings. The van der Waals surface area contributed by atoms with Gasteiger partial charge in [-0.1, -0.05) is 0 Å². The number of aromatic nitrogens is 1. The SMILES string of the molecule is CC1(C)SCN(C(=O)c2ccc(N3CC(F)(F)C3)c(OCC3CC3)n2)C1C(N)=O. The fourth-order valence-corrected chi connectivity index (χ4v) is 4.79. The molecule has 1 unspecified atom stereocenters. The molecule has 0 radical (unpaired) electrons. The Morgan fingerprint density at radius 2 is 2.00 bits per heavy atom.